The summed E-state index contributed by atoms with van der Waals surface area (Å²) in [5.41, 5.74) is 15.1. The second-order valence-electron chi connectivity index (χ2n) is 14.3. The third-order valence-corrected chi connectivity index (χ3v) is 11.7. The maximum Gasteiger partial charge on any atom is 0.0937 e. The number of para-hydroxylation sites is 2. The van der Waals surface area contributed by atoms with Crippen LogP contribution in [0.2, 0.25) is 0 Å². The number of nitrogens with zero attached hydrogens (tertiary/aromatic N) is 4. The Morgan fingerprint density at radius 2 is 0.774 bits per heavy atom. The number of hydrogen-bond donors (Lipinski definition) is 0. The van der Waals surface area contributed by atoms with Gasteiger partial charge in [-0.2, -0.15) is 0 Å². The highest BCUT2D eigenvalue weighted by Crippen LogP contribution is 2.57. The Labute approximate surface area is 307 Å². The quantitative estimate of drug-likeness (QED) is 0.186. The molecule has 6 aromatic carbocycles. The van der Waals surface area contributed by atoms with Gasteiger partial charge in [0, 0.05) is 92.4 Å². The van der Waals surface area contributed by atoms with Crippen molar-refractivity contribution in [2.24, 2.45) is 14.1 Å². The van der Waals surface area contributed by atoms with Gasteiger partial charge in [0.2, 0.25) is 0 Å². The summed E-state index contributed by atoms with van der Waals surface area (Å²) in [7, 11) is 4.33. The molecule has 0 aliphatic heterocycles. The van der Waals surface area contributed by atoms with E-state index in [0.29, 0.717) is 0 Å². The van der Waals surface area contributed by atoms with Gasteiger partial charge in [-0.1, -0.05) is 109 Å². The standard InChI is InChI=1S/C49H34N4/c1-52-43-19-11-9-17-37(43)39-27-35(21-23-45(39)52)49(36-22-24-46-40(28-36)38-18-10-12-20-44(38)53(46)2)41-25-33(31-13-5-3-6-14-31)29-50-47(41)48-42(49)26-34(30-51-48)32-15-7-4-8-16-32/h3-30H,1-2H3. The molecule has 0 saturated carbocycles. The Bertz CT molecular complexity index is 2870. The van der Waals surface area contributed by atoms with Crippen LogP contribution in [0.4, 0.5) is 0 Å². The molecule has 10 aromatic rings. The summed E-state index contributed by atoms with van der Waals surface area (Å²) in [5.74, 6) is 0. The fourth-order valence-corrected chi connectivity index (χ4v) is 9.19. The molecule has 1 aliphatic carbocycles. The van der Waals surface area contributed by atoms with Crippen LogP contribution in [0.5, 0.6) is 0 Å². The van der Waals surface area contributed by atoms with Gasteiger partial charge in [-0.3, -0.25) is 9.97 Å². The molecule has 0 saturated heterocycles. The number of benzene rings is 6. The molecule has 0 unspecified atom stereocenters. The maximum absolute atomic E-state index is 5.29. The van der Waals surface area contributed by atoms with Gasteiger partial charge in [0.05, 0.1) is 16.8 Å². The van der Waals surface area contributed by atoms with Crippen LogP contribution in [0.1, 0.15) is 22.3 Å². The molecule has 4 heterocycles. The van der Waals surface area contributed by atoms with Crippen molar-refractivity contribution in [1.82, 2.24) is 19.1 Å². The average molecular weight is 679 g/mol. The van der Waals surface area contributed by atoms with Crippen molar-refractivity contribution in [1.29, 1.82) is 0 Å². The molecule has 0 radical (unpaired) electrons. The van der Waals surface area contributed by atoms with E-state index in [0.717, 1.165) is 44.8 Å². The molecule has 4 heteroatoms. The minimum Gasteiger partial charge on any atom is -0.344 e. The van der Waals surface area contributed by atoms with Gasteiger partial charge in [0.15, 0.2) is 0 Å². The van der Waals surface area contributed by atoms with Gasteiger partial charge >= 0.3 is 0 Å². The van der Waals surface area contributed by atoms with E-state index < -0.39 is 5.41 Å². The van der Waals surface area contributed by atoms with Crippen molar-refractivity contribution in [2.45, 2.75) is 5.41 Å². The van der Waals surface area contributed by atoms with Gasteiger partial charge < -0.3 is 9.13 Å². The molecular formula is C49H34N4. The Balaban J connectivity index is 1.31. The minimum absolute atomic E-state index is 0.726. The predicted octanol–water partition coefficient (Wildman–Crippen LogP) is 11.5. The van der Waals surface area contributed by atoms with Crippen molar-refractivity contribution in [3.63, 3.8) is 0 Å². The van der Waals surface area contributed by atoms with Crippen LogP contribution in [-0.2, 0) is 19.5 Å². The van der Waals surface area contributed by atoms with E-state index in [9.17, 15) is 0 Å². The molecule has 0 amide bonds. The zero-order valence-electron chi connectivity index (χ0n) is 29.5. The molecule has 0 fully saturated rings. The van der Waals surface area contributed by atoms with Gasteiger partial charge in [0.1, 0.15) is 0 Å². The van der Waals surface area contributed by atoms with Crippen molar-refractivity contribution < 1.29 is 0 Å². The first kappa shape index (κ1) is 29.9. The van der Waals surface area contributed by atoms with E-state index in [1.165, 1.54) is 54.7 Å². The van der Waals surface area contributed by atoms with E-state index in [1.807, 2.05) is 12.4 Å². The summed E-state index contributed by atoms with van der Waals surface area (Å²) in [6.07, 6.45) is 4.03. The molecule has 0 spiro atoms. The lowest BCUT2D eigenvalue weighted by atomic mass is 9.67. The zero-order valence-corrected chi connectivity index (χ0v) is 29.5. The summed E-state index contributed by atoms with van der Waals surface area (Å²) in [6.45, 7) is 0. The number of aryl methyl sites for hydroxylation is 2. The van der Waals surface area contributed by atoms with E-state index >= 15 is 0 Å². The van der Waals surface area contributed by atoms with Crippen molar-refractivity contribution in [3.8, 4) is 33.6 Å². The fraction of sp³-hybridized carbons (Fsp3) is 0.0612. The average Bonchev–Trinajstić information content (AvgIpc) is 3.80. The minimum atomic E-state index is -0.726. The first-order chi connectivity index (χ1) is 26.1. The topological polar surface area (TPSA) is 35.6 Å². The SMILES string of the molecule is Cn1c2ccccc2c2cc(C3(c4ccc5c(c4)c4ccccc4n5C)c4cc(-c5ccccc5)cnc4-c4ncc(-c5ccccc5)cc43)ccc21. The third-order valence-electron chi connectivity index (χ3n) is 11.7. The van der Waals surface area contributed by atoms with Crippen LogP contribution in [0.3, 0.4) is 0 Å². The van der Waals surface area contributed by atoms with Gasteiger partial charge in [-0.25, -0.2) is 0 Å². The lowest BCUT2D eigenvalue weighted by Crippen LogP contribution is -2.29. The maximum atomic E-state index is 5.29. The summed E-state index contributed by atoms with van der Waals surface area (Å²) in [4.78, 5) is 10.6. The first-order valence-electron chi connectivity index (χ1n) is 18.2. The number of fused-ring (bicyclic) bond motifs is 9. The second kappa shape index (κ2) is 11.1. The van der Waals surface area contributed by atoms with Crippen LogP contribution >= 0.6 is 0 Å². The highest BCUT2D eigenvalue weighted by molar-refractivity contribution is 6.10. The Hall–Kier alpha value is -6.78. The molecule has 0 N–H and O–H groups in total. The Morgan fingerprint density at radius 3 is 1.23 bits per heavy atom. The predicted molar refractivity (Wildman–Crippen MR) is 218 cm³/mol. The highest BCUT2D eigenvalue weighted by atomic mass is 14.9. The highest BCUT2D eigenvalue weighted by Gasteiger charge is 2.48. The van der Waals surface area contributed by atoms with E-state index in [2.05, 4.69) is 181 Å². The van der Waals surface area contributed by atoms with E-state index in [-0.39, 0.29) is 0 Å². The number of hydrogen-bond acceptors (Lipinski definition) is 2. The van der Waals surface area contributed by atoms with Crippen LogP contribution in [-0.4, -0.2) is 19.1 Å². The van der Waals surface area contributed by atoms with Gasteiger partial charge in [-0.05, 0) is 70.8 Å². The van der Waals surface area contributed by atoms with Gasteiger partial charge in [0.25, 0.3) is 0 Å². The molecule has 250 valence electrons. The monoisotopic (exact) mass is 678 g/mol. The summed E-state index contributed by atoms with van der Waals surface area (Å²) >= 11 is 0. The normalized spacial score (nSPS) is 13.2. The number of pyridine rings is 2. The lowest BCUT2D eigenvalue weighted by Gasteiger charge is -2.34. The van der Waals surface area contributed by atoms with E-state index in [4.69, 9.17) is 9.97 Å². The molecule has 0 atom stereocenters. The van der Waals surface area contributed by atoms with Crippen molar-refractivity contribution in [3.05, 3.63) is 192 Å². The first-order valence-corrected chi connectivity index (χ1v) is 18.2. The molecule has 4 nitrogen and oxygen atoms in total. The molecule has 11 rings (SSSR count). The van der Waals surface area contributed by atoms with Crippen LogP contribution < -0.4 is 0 Å². The largest absolute Gasteiger partial charge is 0.344 e. The molecule has 53 heavy (non-hydrogen) atoms. The molecule has 1 aliphatic rings. The molecule has 0 bridgehead atoms. The molecule has 4 aromatic heterocycles. The zero-order chi connectivity index (χ0) is 35.3. The summed E-state index contributed by atoms with van der Waals surface area (Å²) < 4.78 is 4.62. The van der Waals surface area contributed by atoms with E-state index in [1.54, 1.807) is 0 Å². The Morgan fingerprint density at radius 1 is 0.377 bits per heavy atom. The van der Waals surface area contributed by atoms with Crippen LogP contribution in [0.15, 0.2) is 170 Å². The number of rotatable bonds is 4. The van der Waals surface area contributed by atoms with Gasteiger partial charge in [-0.15, -0.1) is 0 Å². The van der Waals surface area contributed by atoms with Crippen LogP contribution in [0.25, 0.3) is 77.3 Å². The van der Waals surface area contributed by atoms with Crippen LogP contribution in [0, 0.1) is 0 Å². The fourth-order valence-electron chi connectivity index (χ4n) is 9.19. The lowest BCUT2D eigenvalue weighted by molar-refractivity contribution is 0.768. The summed E-state index contributed by atoms with van der Waals surface area (Å²) in [6, 6.07) is 57.6. The number of aromatic nitrogens is 4. The third kappa shape index (κ3) is 4.12. The second-order valence-corrected chi connectivity index (χ2v) is 14.3. The Kier molecular flexibility index (Phi) is 6.27. The molecular weight excluding hydrogens is 645 g/mol. The summed E-state index contributed by atoms with van der Waals surface area (Å²) in [5, 5.41) is 4.97. The smallest absolute Gasteiger partial charge is 0.0937 e. The van der Waals surface area contributed by atoms with Crippen molar-refractivity contribution >= 4 is 43.6 Å². The van der Waals surface area contributed by atoms with Crippen molar-refractivity contribution in [2.75, 3.05) is 0 Å².